The number of nitrogens with one attached hydrogen (secondary N) is 3. The van der Waals surface area contributed by atoms with Crippen molar-refractivity contribution in [1.82, 2.24) is 35.8 Å². The van der Waals surface area contributed by atoms with Gasteiger partial charge < -0.3 is 26.1 Å². The summed E-state index contributed by atoms with van der Waals surface area (Å²) in [6.07, 6.45) is 3.59. The minimum Gasteiger partial charge on any atom is -0.374 e. The number of benzene rings is 2. The molecule has 0 unspecified atom stereocenters. The second-order valence-electron chi connectivity index (χ2n) is 10.1. The number of hydrogen-bond acceptors (Lipinski definition) is 7. The first-order valence-electron chi connectivity index (χ1n) is 13.1. The van der Waals surface area contributed by atoms with Gasteiger partial charge in [-0.25, -0.2) is 4.68 Å². The number of rotatable bonds is 14. The van der Waals surface area contributed by atoms with Crippen molar-refractivity contribution in [3.63, 3.8) is 0 Å². The summed E-state index contributed by atoms with van der Waals surface area (Å²) < 4.78 is 7.48. The molecule has 4 rings (SSSR count). The molecule has 0 aliphatic carbocycles. The molecule has 0 aliphatic rings. The Morgan fingerprint density at radius 2 is 1.90 bits per heavy atom. The number of aryl methyl sites for hydroxylation is 1. The van der Waals surface area contributed by atoms with Gasteiger partial charge in [-0.15, -0.1) is 5.10 Å². The molecule has 5 N–H and O–H groups in total. The van der Waals surface area contributed by atoms with Crippen molar-refractivity contribution in [3.05, 3.63) is 77.7 Å². The standard InChI is InChI=1S/C28H36N8O3/c1-28(2,29)27(38)32-24(19-39-18-20-9-4-3-5-10-20)26-33-34-35-36(26)16-8-13-25(37)30-15-14-21-17-31-23-12-7-6-11-22(21)23/h3-7,9-12,17,24,31H,8,13-16,18-19,29H2,1-2H3,(H,30,37)(H,32,38)/t24-/m1/s1. The fourth-order valence-corrected chi connectivity index (χ4v) is 4.17. The fourth-order valence-electron chi connectivity index (χ4n) is 4.17. The molecule has 2 aromatic carbocycles. The van der Waals surface area contributed by atoms with E-state index in [0.29, 0.717) is 38.4 Å². The van der Waals surface area contributed by atoms with E-state index in [2.05, 4.69) is 37.2 Å². The number of nitrogens with zero attached hydrogens (tertiary/aromatic N) is 4. The third-order valence-corrected chi connectivity index (χ3v) is 6.32. The van der Waals surface area contributed by atoms with Crippen LogP contribution in [-0.4, -0.2) is 55.7 Å². The lowest BCUT2D eigenvalue weighted by Gasteiger charge is -2.23. The third-order valence-electron chi connectivity index (χ3n) is 6.32. The van der Waals surface area contributed by atoms with Crippen LogP contribution in [0, 0.1) is 0 Å². The lowest BCUT2D eigenvalue weighted by Crippen LogP contribution is -2.51. The van der Waals surface area contributed by atoms with Gasteiger partial charge in [0.2, 0.25) is 11.8 Å². The van der Waals surface area contributed by atoms with E-state index in [4.69, 9.17) is 10.5 Å². The van der Waals surface area contributed by atoms with Crippen molar-refractivity contribution in [1.29, 1.82) is 0 Å². The first-order valence-corrected chi connectivity index (χ1v) is 13.1. The Hall–Kier alpha value is -4.09. The van der Waals surface area contributed by atoms with Crippen LogP contribution in [0.25, 0.3) is 10.9 Å². The van der Waals surface area contributed by atoms with Gasteiger partial charge in [0.15, 0.2) is 5.82 Å². The number of fused-ring (bicyclic) bond motifs is 1. The molecule has 206 valence electrons. The van der Waals surface area contributed by atoms with E-state index in [1.54, 1.807) is 18.5 Å². The average Bonchev–Trinajstić information content (AvgIpc) is 3.55. The van der Waals surface area contributed by atoms with E-state index < -0.39 is 11.6 Å². The Morgan fingerprint density at radius 1 is 1.13 bits per heavy atom. The molecule has 11 nitrogen and oxygen atoms in total. The van der Waals surface area contributed by atoms with Crippen LogP contribution in [0.2, 0.25) is 0 Å². The molecule has 39 heavy (non-hydrogen) atoms. The molecular formula is C28H36N8O3. The maximum absolute atomic E-state index is 12.7. The highest BCUT2D eigenvalue weighted by Crippen LogP contribution is 2.18. The highest BCUT2D eigenvalue weighted by Gasteiger charge is 2.28. The van der Waals surface area contributed by atoms with Crippen molar-refractivity contribution in [3.8, 4) is 0 Å². The molecule has 4 aromatic rings. The summed E-state index contributed by atoms with van der Waals surface area (Å²) in [7, 11) is 0. The lowest BCUT2D eigenvalue weighted by atomic mass is 10.1. The van der Waals surface area contributed by atoms with Crippen LogP contribution in [0.5, 0.6) is 0 Å². The quantitative estimate of drug-likeness (QED) is 0.195. The third kappa shape index (κ3) is 7.95. The molecule has 2 amide bonds. The number of carbonyl (C=O) groups excluding carboxylic acids is 2. The Balaban J connectivity index is 1.28. The van der Waals surface area contributed by atoms with E-state index in [1.165, 1.54) is 10.9 Å². The van der Waals surface area contributed by atoms with Crippen LogP contribution >= 0.6 is 0 Å². The van der Waals surface area contributed by atoms with Gasteiger partial charge in [0.25, 0.3) is 0 Å². The summed E-state index contributed by atoms with van der Waals surface area (Å²) in [6.45, 7) is 4.76. The SMILES string of the molecule is CC(C)(N)C(=O)N[C@H](COCc1ccccc1)c1nnnn1CCCC(=O)NCCc1c[nH]c2ccccc12. The molecular weight excluding hydrogens is 496 g/mol. The molecule has 2 heterocycles. The van der Waals surface area contributed by atoms with Gasteiger partial charge in [0.05, 0.1) is 18.8 Å². The Bertz CT molecular complexity index is 1360. The summed E-state index contributed by atoms with van der Waals surface area (Å²) in [5.74, 6) is 0.0609. The molecule has 0 aliphatic heterocycles. The molecule has 0 spiro atoms. The van der Waals surface area contributed by atoms with E-state index in [9.17, 15) is 9.59 Å². The van der Waals surface area contributed by atoms with Crippen molar-refractivity contribution in [2.75, 3.05) is 13.2 Å². The van der Waals surface area contributed by atoms with E-state index >= 15 is 0 Å². The van der Waals surface area contributed by atoms with Crippen LogP contribution in [-0.2, 0) is 33.9 Å². The number of H-pyrrole nitrogens is 1. The summed E-state index contributed by atoms with van der Waals surface area (Å²) in [5.41, 5.74) is 8.18. The first kappa shape index (κ1) is 27.9. The summed E-state index contributed by atoms with van der Waals surface area (Å²) in [5, 5.41) is 19.1. The number of aromatic nitrogens is 5. The van der Waals surface area contributed by atoms with Crippen LogP contribution in [0.4, 0.5) is 0 Å². The maximum atomic E-state index is 12.7. The van der Waals surface area contributed by atoms with Crippen molar-refractivity contribution >= 4 is 22.7 Å². The average molecular weight is 533 g/mol. The minimum absolute atomic E-state index is 0.0367. The van der Waals surface area contributed by atoms with Gasteiger partial charge in [0.1, 0.15) is 6.04 Å². The molecule has 2 aromatic heterocycles. The molecule has 1 atom stereocenters. The number of hydrogen-bond donors (Lipinski definition) is 4. The van der Waals surface area contributed by atoms with Crippen LogP contribution in [0.1, 0.15) is 49.7 Å². The molecule has 0 saturated carbocycles. The molecule has 11 heteroatoms. The zero-order valence-electron chi connectivity index (χ0n) is 22.4. The second kappa shape index (κ2) is 13.1. The number of tetrazole rings is 1. The van der Waals surface area contributed by atoms with Crippen molar-refractivity contribution < 1.29 is 14.3 Å². The number of para-hydroxylation sites is 1. The van der Waals surface area contributed by atoms with Gasteiger partial charge in [-0.3, -0.25) is 9.59 Å². The van der Waals surface area contributed by atoms with Crippen molar-refractivity contribution in [2.45, 2.75) is 57.8 Å². The van der Waals surface area contributed by atoms with Crippen molar-refractivity contribution in [2.24, 2.45) is 5.73 Å². The van der Waals surface area contributed by atoms with Gasteiger partial charge in [0, 0.05) is 36.6 Å². The highest BCUT2D eigenvalue weighted by molar-refractivity contribution is 5.85. The van der Waals surface area contributed by atoms with Gasteiger partial charge in [-0.2, -0.15) is 0 Å². The largest absolute Gasteiger partial charge is 0.374 e. The van der Waals surface area contributed by atoms with Gasteiger partial charge >= 0.3 is 0 Å². The van der Waals surface area contributed by atoms with E-state index in [0.717, 1.165) is 17.5 Å². The minimum atomic E-state index is -1.08. The highest BCUT2D eigenvalue weighted by atomic mass is 16.5. The number of amides is 2. The maximum Gasteiger partial charge on any atom is 0.240 e. The Morgan fingerprint density at radius 3 is 2.69 bits per heavy atom. The Kier molecular flexibility index (Phi) is 9.40. The topological polar surface area (TPSA) is 153 Å². The predicted molar refractivity (Wildman–Crippen MR) is 147 cm³/mol. The molecule has 0 saturated heterocycles. The van der Waals surface area contributed by atoms with E-state index in [1.807, 2.05) is 54.7 Å². The lowest BCUT2D eigenvalue weighted by molar-refractivity contribution is -0.126. The number of ether oxygens (including phenoxy) is 1. The molecule has 0 radical (unpaired) electrons. The summed E-state index contributed by atoms with van der Waals surface area (Å²) >= 11 is 0. The zero-order chi connectivity index (χ0) is 27.7. The fraction of sp³-hybridized carbons (Fsp3) is 0.393. The number of carbonyl (C=O) groups is 2. The predicted octanol–water partition coefficient (Wildman–Crippen LogP) is 2.40. The Labute approximate surface area is 227 Å². The van der Waals surface area contributed by atoms with Gasteiger partial charge in [-0.1, -0.05) is 48.5 Å². The smallest absolute Gasteiger partial charge is 0.240 e. The first-order chi connectivity index (χ1) is 18.8. The van der Waals surface area contributed by atoms with Crippen LogP contribution in [0.15, 0.2) is 60.8 Å². The van der Waals surface area contributed by atoms with E-state index in [-0.39, 0.29) is 18.4 Å². The van der Waals surface area contributed by atoms with Gasteiger partial charge in [-0.05, 0) is 54.3 Å². The van der Waals surface area contributed by atoms with Crippen LogP contribution < -0.4 is 16.4 Å². The van der Waals surface area contributed by atoms with Crippen LogP contribution in [0.3, 0.4) is 0 Å². The normalized spacial score (nSPS) is 12.4. The number of aromatic amines is 1. The number of nitrogens with two attached hydrogens (primary N) is 1. The monoisotopic (exact) mass is 532 g/mol. The summed E-state index contributed by atoms with van der Waals surface area (Å²) in [4.78, 5) is 28.4. The second-order valence-corrected chi connectivity index (χ2v) is 10.1. The zero-order valence-corrected chi connectivity index (χ0v) is 22.4. The summed E-state index contributed by atoms with van der Waals surface area (Å²) in [6, 6.07) is 17.2. The molecule has 0 fully saturated rings. The molecule has 0 bridgehead atoms.